The monoisotopic (exact) mass is 483 g/mol. The van der Waals surface area contributed by atoms with Crippen LogP contribution in [0.15, 0.2) is 48.5 Å². The molecular formula is C24H22ClN3O6. The molecule has 2 fully saturated rings. The van der Waals surface area contributed by atoms with E-state index >= 15 is 0 Å². The van der Waals surface area contributed by atoms with Crippen LogP contribution in [0.1, 0.15) is 46.9 Å². The van der Waals surface area contributed by atoms with Crippen molar-refractivity contribution in [2.45, 2.75) is 26.2 Å². The van der Waals surface area contributed by atoms with Crippen LogP contribution in [0, 0.1) is 27.9 Å². The molecular weight excluding hydrogens is 462 g/mol. The molecule has 1 aliphatic carbocycles. The molecule has 3 amide bonds. The van der Waals surface area contributed by atoms with Crippen molar-refractivity contribution in [1.82, 2.24) is 10.0 Å². The summed E-state index contributed by atoms with van der Waals surface area (Å²) in [5.74, 6) is -3.13. The lowest BCUT2D eigenvalue weighted by molar-refractivity contribution is -0.384. The molecule has 3 atom stereocenters. The second kappa shape index (κ2) is 9.34. The molecule has 1 saturated carbocycles. The number of nitrogens with zero attached hydrogens (tertiary/aromatic N) is 3. The van der Waals surface area contributed by atoms with Crippen molar-refractivity contribution in [3.05, 3.63) is 74.8 Å². The predicted molar refractivity (Wildman–Crippen MR) is 122 cm³/mol. The number of non-ortho nitro benzene ring substituents is 1. The van der Waals surface area contributed by atoms with Gasteiger partial charge in [-0.25, -0.2) is 5.01 Å². The lowest BCUT2D eigenvalue weighted by Crippen LogP contribution is -2.52. The number of carbonyl (C=O) groups is 4. The number of carbonyl (C=O) groups excluding carboxylic acids is 4. The number of nitro groups is 1. The number of amides is 3. The van der Waals surface area contributed by atoms with Crippen molar-refractivity contribution in [3.8, 4) is 0 Å². The third-order valence-electron chi connectivity index (χ3n) is 6.44. The highest BCUT2D eigenvalue weighted by atomic mass is 35.5. The quantitative estimate of drug-likeness (QED) is 0.266. The van der Waals surface area contributed by atoms with Crippen LogP contribution < -0.4 is 0 Å². The maximum absolute atomic E-state index is 13.5. The molecule has 0 bridgehead atoms. The molecule has 4 rings (SSSR count). The van der Waals surface area contributed by atoms with Crippen molar-refractivity contribution < 1.29 is 24.1 Å². The number of rotatable bonds is 6. The fourth-order valence-electron chi connectivity index (χ4n) is 4.61. The van der Waals surface area contributed by atoms with E-state index in [1.807, 2.05) is 6.92 Å². The molecule has 176 valence electrons. The maximum Gasteiger partial charge on any atom is 0.274 e. The van der Waals surface area contributed by atoms with Gasteiger partial charge in [0.25, 0.3) is 23.4 Å². The van der Waals surface area contributed by atoms with Crippen molar-refractivity contribution in [3.63, 3.8) is 0 Å². The molecule has 10 heteroatoms. The van der Waals surface area contributed by atoms with Gasteiger partial charge in [0.1, 0.15) is 6.54 Å². The molecule has 1 aliphatic heterocycles. The third kappa shape index (κ3) is 4.31. The molecule has 0 unspecified atom stereocenters. The minimum Gasteiger partial charge on any atom is -0.292 e. The van der Waals surface area contributed by atoms with Crippen molar-refractivity contribution in [2.75, 3.05) is 6.54 Å². The molecule has 34 heavy (non-hydrogen) atoms. The van der Waals surface area contributed by atoms with Crippen molar-refractivity contribution in [1.29, 1.82) is 0 Å². The van der Waals surface area contributed by atoms with Crippen LogP contribution in [0.5, 0.6) is 0 Å². The minimum atomic E-state index is -0.755. The Kier molecular flexibility index (Phi) is 6.47. The van der Waals surface area contributed by atoms with Crippen molar-refractivity contribution >= 4 is 40.8 Å². The molecule has 2 aliphatic rings. The number of hydrazine groups is 1. The summed E-state index contributed by atoms with van der Waals surface area (Å²) in [6.45, 7) is 1.41. The number of hydrogen-bond acceptors (Lipinski definition) is 6. The van der Waals surface area contributed by atoms with E-state index in [1.165, 1.54) is 36.4 Å². The van der Waals surface area contributed by atoms with Gasteiger partial charge in [-0.05, 0) is 49.4 Å². The normalized spacial score (nSPS) is 21.8. The van der Waals surface area contributed by atoms with E-state index in [-0.39, 0.29) is 27.8 Å². The number of imide groups is 1. The van der Waals surface area contributed by atoms with E-state index in [1.54, 1.807) is 12.1 Å². The number of Topliss-reactive ketones (excluding diaryl/α,β-unsaturated/α-hetero) is 1. The zero-order valence-corrected chi connectivity index (χ0v) is 19.1. The Bertz CT molecular complexity index is 1180. The Morgan fingerprint density at radius 3 is 2.35 bits per heavy atom. The standard InChI is InChI=1S/C24H22ClN3O6/c1-14-6-11-17-19(12-14)24(32)27(23(17)31)26(22(30)18-4-2-3-5-20(18)25)13-21(29)15-7-9-16(10-8-15)28(33)34/h2-5,7-10,14,17,19H,6,11-13H2,1H3/t14-,17+,19+/m1/s1. The summed E-state index contributed by atoms with van der Waals surface area (Å²) in [7, 11) is 0. The molecule has 1 heterocycles. The molecule has 0 radical (unpaired) electrons. The van der Waals surface area contributed by atoms with Crippen LogP contribution in [0.4, 0.5) is 5.69 Å². The molecule has 0 N–H and O–H groups in total. The molecule has 9 nitrogen and oxygen atoms in total. The largest absolute Gasteiger partial charge is 0.292 e. The predicted octanol–water partition coefficient (Wildman–Crippen LogP) is 3.91. The fraction of sp³-hybridized carbons (Fsp3) is 0.333. The van der Waals surface area contributed by atoms with E-state index in [4.69, 9.17) is 11.6 Å². The minimum absolute atomic E-state index is 0.0458. The number of benzene rings is 2. The van der Waals surface area contributed by atoms with Gasteiger partial charge in [0, 0.05) is 17.7 Å². The number of halogens is 1. The van der Waals surface area contributed by atoms with Crippen LogP contribution in [0.25, 0.3) is 0 Å². The fourth-order valence-corrected chi connectivity index (χ4v) is 4.83. The Balaban J connectivity index is 1.69. The number of nitro benzene ring substituents is 1. The summed E-state index contributed by atoms with van der Waals surface area (Å²) in [6.07, 6.45) is 1.88. The SMILES string of the molecule is C[C@@H]1CC[C@@H]2C(=O)N(N(CC(=O)c3ccc([N+](=O)[O-])cc3)C(=O)c3ccccc3Cl)C(=O)[C@H]2C1. The smallest absolute Gasteiger partial charge is 0.274 e. The first-order chi connectivity index (χ1) is 16.2. The number of ketones is 1. The van der Waals surface area contributed by atoms with E-state index in [2.05, 4.69) is 0 Å². The van der Waals surface area contributed by atoms with E-state index < -0.39 is 46.8 Å². The molecule has 0 aromatic heterocycles. The van der Waals surface area contributed by atoms with Gasteiger partial charge in [-0.3, -0.25) is 29.3 Å². The zero-order chi connectivity index (χ0) is 24.6. The number of fused-ring (bicyclic) bond motifs is 1. The Labute approximate surface area is 200 Å². The summed E-state index contributed by atoms with van der Waals surface area (Å²) in [6, 6.07) is 11.1. The maximum atomic E-state index is 13.5. The van der Waals surface area contributed by atoms with Gasteiger partial charge < -0.3 is 0 Å². The number of hydrogen-bond donors (Lipinski definition) is 0. The highest BCUT2D eigenvalue weighted by Gasteiger charge is 2.53. The van der Waals surface area contributed by atoms with Crippen LogP contribution in [-0.4, -0.2) is 45.0 Å². The second-order valence-electron chi connectivity index (χ2n) is 8.69. The van der Waals surface area contributed by atoms with Gasteiger partial charge in [-0.2, -0.15) is 5.01 Å². The summed E-state index contributed by atoms with van der Waals surface area (Å²) < 4.78 is 0. The summed E-state index contributed by atoms with van der Waals surface area (Å²) in [4.78, 5) is 63.4. The van der Waals surface area contributed by atoms with Crippen LogP contribution in [0.2, 0.25) is 5.02 Å². The van der Waals surface area contributed by atoms with E-state index in [9.17, 15) is 29.3 Å². The van der Waals surface area contributed by atoms with Gasteiger partial charge >= 0.3 is 0 Å². The lowest BCUT2D eigenvalue weighted by atomic mass is 9.76. The van der Waals surface area contributed by atoms with E-state index in [0.29, 0.717) is 12.8 Å². The van der Waals surface area contributed by atoms with Gasteiger partial charge in [0.2, 0.25) is 0 Å². The highest BCUT2D eigenvalue weighted by molar-refractivity contribution is 6.34. The molecule has 2 aromatic rings. The van der Waals surface area contributed by atoms with Gasteiger partial charge in [-0.15, -0.1) is 0 Å². The van der Waals surface area contributed by atoms with Crippen LogP contribution in [0.3, 0.4) is 0 Å². The Morgan fingerprint density at radius 1 is 1.06 bits per heavy atom. The first-order valence-electron chi connectivity index (χ1n) is 10.9. The zero-order valence-electron chi connectivity index (χ0n) is 18.3. The summed E-state index contributed by atoms with van der Waals surface area (Å²) >= 11 is 6.20. The Morgan fingerprint density at radius 2 is 1.71 bits per heavy atom. The van der Waals surface area contributed by atoms with Crippen LogP contribution >= 0.6 is 11.6 Å². The van der Waals surface area contributed by atoms with Gasteiger partial charge in [-0.1, -0.05) is 30.7 Å². The highest BCUT2D eigenvalue weighted by Crippen LogP contribution is 2.41. The summed E-state index contributed by atoms with van der Waals surface area (Å²) in [5, 5.41) is 12.7. The Hall–Kier alpha value is -3.59. The van der Waals surface area contributed by atoms with Gasteiger partial charge in [0.05, 0.1) is 27.3 Å². The first-order valence-corrected chi connectivity index (χ1v) is 11.3. The van der Waals surface area contributed by atoms with Crippen molar-refractivity contribution in [2.24, 2.45) is 17.8 Å². The molecule has 1 saturated heterocycles. The third-order valence-corrected chi connectivity index (χ3v) is 6.77. The lowest BCUT2D eigenvalue weighted by Gasteiger charge is -2.30. The van der Waals surface area contributed by atoms with Crippen LogP contribution in [-0.2, 0) is 9.59 Å². The average molecular weight is 484 g/mol. The topological polar surface area (TPSA) is 118 Å². The first kappa shape index (κ1) is 23.6. The molecule has 2 aromatic carbocycles. The average Bonchev–Trinajstić information content (AvgIpc) is 3.06. The summed E-state index contributed by atoms with van der Waals surface area (Å²) in [5.41, 5.74) is -0.0409. The molecule has 0 spiro atoms. The van der Waals surface area contributed by atoms with E-state index in [0.717, 1.165) is 16.4 Å². The van der Waals surface area contributed by atoms with Gasteiger partial charge in [0.15, 0.2) is 5.78 Å². The second-order valence-corrected chi connectivity index (χ2v) is 9.10.